The van der Waals surface area contributed by atoms with Gasteiger partial charge in [-0.15, -0.1) is 0 Å². The monoisotopic (exact) mass is 221 g/mol. The van der Waals surface area contributed by atoms with Gasteiger partial charge in [-0.2, -0.15) is 0 Å². The van der Waals surface area contributed by atoms with Crippen LogP contribution in [0.4, 0.5) is 5.82 Å². The number of carbonyl (C=O) groups excluding carboxylic acids is 2. The van der Waals surface area contributed by atoms with Crippen LogP contribution in [0.2, 0.25) is 0 Å². The predicted molar refractivity (Wildman–Crippen MR) is 56.2 cm³/mol. The van der Waals surface area contributed by atoms with Crippen LogP contribution in [0.25, 0.3) is 0 Å². The van der Waals surface area contributed by atoms with E-state index in [0.717, 1.165) is 0 Å². The molecule has 0 saturated carbocycles. The van der Waals surface area contributed by atoms with Crippen molar-refractivity contribution in [3.05, 3.63) is 18.3 Å². The number of nitrogens with zero attached hydrogens (tertiary/aromatic N) is 2. The second-order valence-corrected chi connectivity index (χ2v) is 3.27. The molecule has 1 aliphatic heterocycles. The number of pyridine rings is 1. The lowest BCUT2D eigenvalue weighted by molar-refractivity contribution is -0.125. The van der Waals surface area contributed by atoms with Crippen LogP contribution in [0.15, 0.2) is 18.3 Å². The first-order valence-corrected chi connectivity index (χ1v) is 4.81. The Hall–Kier alpha value is -2.11. The van der Waals surface area contributed by atoms with Gasteiger partial charge in [-0.3, -0.25) is 14.5 Å². The Morgan fingerprint density at radius 2 is 2.50 bits per heavy atom. The van der Waals surface area contributed by atoms with E-state index in [0.29, 0.717) is 11.6 Å². The Morgan fingerprint density at radius 3 is 3.25 bits per heavy atom. The van der Waals surface area contributed by atoms with E-state index in [2.05, 4.69) is 10.3 Å². The molecule has 84 valence electrons. The van der Waals surface area contributed by atoms with Crippen LogP contribution < -0.4 is 15.0 Å². The van der Waals surface area contributed by atoms with Gasteiger partial charge in [0.05, 0.1) is 0 Å². The summed E-state index contributed by atoms with van der Waals surface area (Å²) in [4.78, 5) is 28.2. The number of aromatic nitrogens is 1. The van der Waals surface area contributed by atoms with Gasteiger partial charge in [0.2, 0.25) is 5.91 Å². The van der Waals surface area contributed by atoms with E-state index in [-0.39, 0.29) is 25.0 Å². The highest BCUT2D eigenvalue weighted by atomic mass is 16.5. The van der Waals surface area contributed by atoms with Gasteiger partial charge in [-0.05, 0) is 12.1 Å². The van der Waals surface area contributed by atoms with Crippen LogP contribution in [0, 0.1) is 0 Å². The zero-order valence-corrected chi connectivity index (χ0v) is 8.77. The fraction of sp³-hybridized carbons (Fsp3) is 0.300. The number of fused-ring (bicyclic) bond motifs is 1. The van der Waals surface area contributed by atoms with Gasteiger partial charge >= 0.3 is 0 Å². The fourth-order valence-corrected chi connectivity index (χ4v) is 1.42. The number of likely N-dealkylation sites (N-methyl/N-ethyl adjacent to an activating group) is 1. The number of ether oxygens (including phenoxy) is 1. The van der Waals surface area contributed by atoms with Gasteiger partial charge in [-0.25, -0.2) is 4.98 Å². The van der Waals surface area contributed by atoms with Crippen molar-refractivity contribution in [2.75, 3.05) is 25.1 Å². The first kappa shape index (κ1) is 10.4. The second-order valence-electron chi connectivity index (χ2n) is 3.27. The van der Waals surface area contributed by atoms with Crippen LogP contribution >= 0.6 is 0 Å². The summed E-state index contributed by atoms with van der Waals surface area (Å²) >= 11 is 0. The molecule has 1 aromatic rings. The van der Waals surface area contributed by atoms with Crippen molar-refractivity contribution in [2.45, 2.75) is 0 Å². The van der Waals surface area contributed by atoms with Crippen LogP contribution in [0.5, 0.6) is 5.75 Å². The summed E-state index contributed by atoms with van der Waals surface area (Å²) in [6, 6.07) is 3.43. The van der Waals surface area contributed by atoms with Crippen molar-refractivity contribution in [3.8, 4) is 5.75 Å². The number of nitrogens with one attached hydrogen (secondary N) is 1. The molecule has 0 radical (unpaired) electrons. The van der Waals surface area contributed by atoms with Crippen molar-refractivity contribution in [1.82, 2.24) is 10.3 Å². The van der Waals surface area contributed by atoms with Gasteiger partial charge in [-0.1, -0.05) is 0 Å². The fourth-order valence-electron chi connectivity index (χ4n) is 1.42. The molecule has 0 fully saturated rings. The Bertz CT molecular complexity index is 433. The van der Waals surface area contributed by atoms with E-state index in [1.807, 2.05) is 0 Å². The molecule has 2 rings (SSSR count). The number of hydrogen-bond acceptors (Lipinski definition) is 4. The molecule has 2 heterocycles. The molecule has 16 heavy (non-hydrogen) atoms. The summed E-state index contributed by atoms with van der Waals surface area (Å²) in [6.45, 7) is -0.0988. The molecule has 0 atom stereocenters. The van der Waals surface area contributed by atoms with Crippen molar-refractivity contribution in [1.29, 1.82) is 0 Å². The topological polar surface area (TPSA) is 71.5 Å². The van der Waals surface area contributed by atoms with Gasteiger partial charge in [0.15, 0.2) is 18.2 Å². The maximum Gasteiger partial charge on any atom is 0.266 e. The SMILES string of the molecule is CNC(=O)CN1C(=O)COc2cccnc21. The minimum absolute atomic E-state index is 0.0390. The minimum atomic E-state index is -0.269. The molecule has 6 heteroatoms. The van der Waals surface area contributed by atoms with Crippen LogP contribution in [0.3, 0.4) is 0 Å². The number of rotatable bonds is 2. The maximum atomic E-state index is 11.6. The number of anilines is 1. The van der Waals surface area contributed by atoms with E-state index in [1.165, 1.54) is 11.9 Å². The molecule has 1 aliphatic rings. The summed E-state index contributed by atoms with van der Waals surface area (Å²) in [5, 5.41) is 2.46. The molecule has 6 nitrogen and oxygen atoms in total. The Labute approximate surface area is 92.2 Å². The maximum absolute atomic E-state index is 11.6. The van der Waals surface area contributed by atoms with Crippen LogP contribution in [0.1, 0.15) is 0 Å². The smallest absolute Gasteiger partial charge is 0.266 e. The summed E-state index contributed by atoms with van der Waals surface area (Å²) < 4.78 is 5.20. The normalized spacial score (nSPS) is 14.1. The minimum Gasteiger partial charge on any atom is -0.480 e. The standard InChI is InChI=1S/C10H11N3O3/c1-11-8(14)5-13-9(15)6-16-7-3-2-4-12-10(7)13/h2-4H,5-6H2,1H3,(H,11,14). The van der Waals surface area contributed by atoms with E-state index < -0.39 is 0 Å². The molecule has 0 aliphatic carbocycles. The Kier molecular flexibility index (Phi) is 2.72. The number of amides is 2. The number of carbonyl (C=O) groups is 2. The zero-order chi connectivity index (χ0) is 11.5. The van der Waals surface area contributed by atoms with Crippen LogP contribution in [-0.2, 0) is 9.59 Å². The van der Waals surface area contributed by atoms with E-state index >= 15 is 0 Å². The third kappa shape index (κ3) is 1.81. The van der Waals surface area contributed by atoms with Crippen molar-refractivity contribution in [3.63, 3.8) is 0 Å². The molecular weight excluding hydrogens is 210 g/mol. The Morgan fingerprint density at radius 1 is 1.69 bits per heavy atom. The third-order valence-corrected chi connectivity index (χ3v) is 2.24. The van der Waals surface area contributed by atoms with Gasteiger partial charge in [0.25, 0.3) is 5.91 Å². The van der Waals surface area contributed by atoms with Crippen LogP contribution in [-0.4, -0.2) is 37.0 Å². The molecule has 0 spiro atoms. The summed E-state index contributed by atoms with van der Waals surface area (Å²) in [5.74, 6) is 0.398. The lowest BCUT2D eigenvalue weighted by Crippen LogP contribution is -2.44. The van der Waals surface area contributed by atoms with Crippen molar-refractivity contribution < 1.29 is 14.3 Å². The quantitative estimate of drug-likeness (QED) is 0.734. The summed E-state index contributed by atoms with van der Waals surface area (Å²) in [6.07, 6.45) is 1.55. The molecule has 0 aromatic carbocycles. The first-order valence-electron chi connectivity index (χ1n) is 4.81. The van der Waals surface area contributed by atoms with Gasteiger partial charge in [0.1, 0.15) is 6.54 Å². The van der Waals surface area contributed by atoms with Gasteiger partial charge in [0, 0.05) is 13.2 Å². The highest BCUT2D eigenvalue weighted by Gasteiger charge is 2.27. The van der Waals surface area contributed by atoms with Gasteiger partial charge < -0.3 is 10.1 Å². The third-order valence-electron chi connectivity index (χ3n) is 2.24. The highest BCUT2D eigenvalue weighted by Crippen LogP contribution is 2.28. The summed E-state index contributed by atoms with van der Waals surface area (Å²) in [7, 11) is 1.52. The van der Waals surface area contributed by atoms with E-state index in [1.54, 1.807) is 18.3 Å². The van der Waals surface area contributed by atoms with E-state index in [4.69, 9.17) is 4.74 Å². The predicted octanol–water partition coefficient (Wildman–Crippen LogP) is -0.447. The first-order chi connectivity index (χ1) is 7.72. The molecule has 0 bridgehead atoms. The molecular formula is C10H11N3O3. The van der Waals surface area contributed by atoms with Crippen molar-refractivity contribution >= 4 is 17.6 Å². The lowest BCUT2D eigenvalue weighted by Gasteiger charge is -2.27. The lowest BCUT2D eigenvalue weighted by atomic mass is 10.3. The second kappa shape index (κ2) is 4.18. The molecule has 2 amide bonds. The zero-order valence-electron chi connectivity index (χ0n) is 8.77. The average Bonchev–Trinajstić information content (AvgIpc) is 2.32. The largest absolute Gasteiger partial charge is 0.480 e. The molecule has 1 aromatic heterocycles. The molecule has 1 N–H and O–H groups in total. The van der Waals surface area contributed by atoms with Crippen molar-refractivity contribution in [2.24, 2.45) is 0 Å². The Balaban J connectivity index is 2.29. The number of hydrogen-bond donors (Lipinski definition) is 1. The average molecular weight is 221 g/mol. The summed E-state index contributed by atoms with van der Waals surface area (Å²) in [5.41, 5.74) is 0. The highest BCUT2D eigenvalue weighted by molar-refractivity contribution is 6.01. The molecule has 0 saturated heterocycles. The molecule has 0 unspecified atom stereocenters. The van der Waals surface area contributed by atoms with E-state index in [9.17, 15) is 9.59 Å².